The van der Waals surface area contributed by atoms with Gasteiger partial charge in [-0.25, -0.2) is 0 Å². The van der Waals surface area contributed by atoms with Crippen molar-refractivity contribution in [2.75, 3.05) is 18.0 Å². The van der Waals surface area contributed by atoms with Gasteiger partial charge in [-0.05, 0) is 37.0 Å². The molecule has 0 aliphatic carbocycles. The largest absolute Gasteiger partial charge is 0.409 e. The zero-order chi connectivity index (χ0) is 13.8. The van der Waals surface area contributed by atoms with Crippen LogP contribution in [-0.2, 0) is 0 Å². The Labute approximate surface area is 118 Å². The molecule has 1 aromatic rings. The summed E-state index contributed by atoms with van der Waals surface area (Å²) in [5.74, 6) is 0.820. The summed E-state index contributed by atoms with van der Waals surface area (Å²) in [5.41, 5.74) is 7.45. The number of benzene rings is 1. The number of nitrogens with zero attached hydrogens (tertiary/aromatic N) is 2. The first-order chi connectivity index (χ1) is 9.15. The fourth-order valence-electron chi connectivity index (χ4n) is 2.66. The second kappa shape index (κ2) is 6.15. The lowest BCUT2D eigenvalue weighted by molar-refractivity contribution is 0.318. The summed E-state index contributed by atoms with van der Waals surface area (Å²) in [4.78, 5) is 2.31. The molecule has 1 atom stereocenters. The van der Waals surface area contributed by atoms with Crippen molar-refractivity contribution in [1.82, 2.24) is 0 Å². The quantitative estimate of drug-likeness (QED) is 0.387. The highest BCUT2D eigenvalue weighted by Gasteiger charge is 2.21. The van der Waals surface area contributed by atoms with Gasteiger partial charge < -0.3 is 15.8 Å². The number of anilines is 1. The molecule has 0 amide bonds. The van der Waals surface area contributed by atoms with Gasteiger partial charge in [0.05, 0.1) is 0 Å². The molecule has 1 fully saturated rings. The summed E-state index contributed by atoms with van der Waals surface area (Å²) in [6.45, 7) is 4.24. The van der Waals surface area contributed by atoms with Gasteiger partial charge in [-0.3, -0.25) is 0 Å². The van der Waals surface area contributed by atoms with Gasteiger partial charge in [0.1, 0.15) is 0 Å². The predicted octanol–water partition coefficient (Wildman–Crippen LogP) is 3.06. The predicted molar refractivity (Wildman–Crippen MR) is 79.2 cm³/mol. The van der Waals surface area contributed by atoms with Crippen LogP contribution < -0.4 is 10.6 Å². The van der Waals surface area contributed by atoms with Crippen molar-refractivity contribution in [3.05, 3.63) is 28.8 Å². The molecule has 19 heavy (non-hydrogen) atoms. The fraction of sp³-hybridized carbons (Fsp3) is 0.500. The van der Waals surface area contributed by atoms with Gasteiger partial charge in [0.15, 0.2) is 5.84 Å². The Balaban J connectivity index is 2.33. The van der Waals surface area contributed by atoms with Gasteiger partial charge in [0.25, 0.3) is 0 Å². The molecule has 0 aromatic heterocycles. The third kappa shape index (κ3) is 3.13. The minimum atomic E-state index is 0.108. The summed E-state index contributed by atoms with van der Waals surface area (Å²) in [7, 11) is 0. The number of oxime groups is 1. The first-order valence-corrected chi connectivity index (χ1v) is 7.06. The SMILES string of the molecule is CCC1CCCN(c2ccc(Cl)cc2/C(N)=N/O)C1. The van der Waals surface area contributed by atoms with Crippen LogP contribution in [-0.4, -0.2) is 24.1 Å². The summed E-state index contributed by atoms with van der Waals surface area (Å²) < 4.78 is 0. The second-order valence-electron chi connectivity index (χ2n) is 5.01. The number of hydrogen-bond donors (Lipinski definition) is 2. The van der Waals surface area contributed by atoms with Crippen LogP contribution in [0.3, 0.4) is 0 Å². The zero-order valence-corrected chi connectivity index (χ0v) is 11.9. The lowest BCUT2D eigenvalue weighted by Gasteiger charge is -2.35. The molecule has 1 saturated heterocycles. The van der Waals surface area contributed by atoms with E-state index in [1.165, 1.54) is 19.3 Å². The van der Waals surface area contributed by atoms with Crippen molar-refractivity contribution in [1.29, 1.82) is 0 Å². The van der Waals surface area contributed by atoms with Crippen molar-refractivity contribution in [3.63, 3.8) is 0 Å². The lowest BCUT2D eigenvalue weighted by Crippen LogP contribution is -2.36. The van der Waals surface area contributed by atoms with E-state index < -0.39 is 0 Å². The topological polar surface area (TPSA) is 61.8 Å². The van der Waals surface area contributed by atoms with Crippen LogP contribution in [0.5, 0.6) is 0 Å². The van der Waals surface area contributed by atoms with Crippen molar-refractivity contribution >= 4 is 23.1 Å². The number of amidine groups is 1. The highest BCUT2D eigenvalue weighted by Crippen LogP contribution is 2.29. The molecule has 0 radical (unpaired) electrons. The van der Waals surface area contributed by atoms with Gasteiger partial charge >= 0.3 is 0 Å². The van der Waals surface area contributed by atoms with Gasteiger partial charge in [0, 0.05) is 29.4 Å². The van der Waals surface area contributed by atoms with E-state index in [1.54, 1.807) is 6.07 Å². The Morgan fingerprint density at radius 2 is 2.37 bits per heavy atom. The second-order valence-corrected chi connectivity index (χ2v) is 5.45. The van der Waals surface area contributed by atoms with E-state index in [-0.39, 0.29) is 5.84 Å². The summed E-state index contributed by atoms with van der Waals surface area (Å²) >= 11 is 6.00. The molecule has 1 aliphatic rings. The molecular formula is C14H20ClN3O. The van der Waals surface area contributed by atoms with E-state index >= 15 is 0 Å². The first-order valence-electron chi connectivity index (χ1n) is 6.68. The van der Waals surface area contributed by atoms with Gasteiger partial charge in [0.2, 0.25) is 0 Å². The normalized spacial score (nSPS) is 20.6. The third-order valence-electron chi connectivity index (χ3n) is 3.78. The number of piperidine rings is 1. The van der Waals surface area contributed by atoms with Crippen molar-refractivity contribution in [3.8, 4) is 0 Å². The Bertz CT molecular complexity index is 476. The lowest BCUT2D eigenvalue weighted by atomic mass is 9.94. The van der Waals surface area contributed by atoms with Crippen LogP contribution in [0.4, 0.5) is 5.69 Å². The maximum absolute atomic E-state index is 8.90. The van der Waals surface area contributed by atoms with E-state index in [9.17, 15) is 0 Å². The molecule has 0 spiro atoms. The molecular weight excluding hydrogens is 262 g/mol. The van der Waals surface area contributed by atoms with Crippen LogP contribution in [0.2, 0.25) is 5.02 Å². The molecule has 1 heterocycles. The van der Waals surface area contributed by atoms with Gasteiger partial charge in [-0.15, -0.1) is 0 Å². The van der Waals surface area contributed by atoms with E-state index in [0.29, 0.717) is 16.5 Å². The maximum Gasteiger partial charge on any atom is 0.172 e. The van der Waals surface area contributed by atoms with Crippen LogP contribution >= 0.6 is 11.6 Å². The average molecular weight is 282 g/mol. The highest BCUT2D eigenvalue weighted by molar-refractivity contribution is 6.31. The fourth-order valence-corrected chi connectivity index (χ4v) is 2.83. The third-order valence-corrected chi connectivity index (χ3v) is 4.01. The summed E-state index contributed by atoms with van der Waals surface area (Å²) in [6, 6.07) is 5.55. The van der Waals surface area contributed by atoms with Crippen molar-refractivity contribution in [2.45, 2.75) is 26.2 Å². The Hall–Kier alpha value is -1.42. The maximum atomic E-state index is 8.90. The van der Waals surface area contributed by atoms with Gasteiger partial charge in [-0.1, -0.05) is 30.1 Å². The van der Waals surface area contributed by atoms with E-state index in [1.807, 2.05) is 12.1 Å². The minimum Gasteiger partial charge on any atom is -0.409 e. The molecule has 1 aliphatic heterocycles. The number of nitrogens with two attached hydrogens (primary N) is 1. The molecule has 2 rings (SSSR count). The smallest absolute Gasteiger partial charge is 0.172 e. The molecule has 1 aromatic carbocycles. The van der Waals surface area contributed by atoms with Crippen molar-refractivity contribution in [2.24, 2.45) is 16.8 Å². The Kier molecular flexibility index (Phi) is 4.53. The summed E-state index contributed by atoms with van der Waals surface area (Å²) in [6.07, 6.45) is 3.64. The standard InChI is InChI=1S/C14H20ClN3O/c1-2-10-4-3-7-18(9-10)13-6-5-11(15)8-12(13)14(16)17-19/h5-6,8,10,19H,2-4,7,9H2,1H3,(H2,16,17). The van der Waals surface area contributed by atoms with E-state index in [0.717, 1.165) is 18.8 Å². The first kappa shape index (κ1) is 14.0. The monoisotopic (exact) mass is 281 g/mol. The highest BCUT2D eigenvalue weighted by atomic mass is 35.5. The van der Waals surface area contributed by atoms with Crippen LogP contribution in [0, 0.1) is 5.92 Å². The molecule has 3 N–H and O–H groups in total. The van der Waals surface area contributed by atoms with Crippen LogP contribution in [0.15, 0.2) is 23.4 Å². The van der Waals surface area contributed by atoms with E-state index in [4.69, 9.17) is 22.5 Å². The van der Waals surface area contributed by atoms with E-state index in [2.05, 4.69) is 17.0 Å². The van der Waals surface area contributed by atoms with Gasteiger partial charge in [-0.2, -0.15) is 0 Å². The average Bonchev–Trinajstić information content (AvgIpc) is 2.46. The number of halogens is 1. The molecule has 1 unspecified atom stereocenters. The molecule has 0 saturated carbocycles. The van der Waals surface area contributed by atoms with Crippen molar-refractivity contribution < 1.29 is 5.21 Å². The molecule has 104 valence electrons. The Morgan fingerprint density at radius 1 is 1.58 bits per heavy atom. The molecule has 4 nitrogen and oxygen atoms in total. The Morgan fingerprint density at radius 3 is 3.05 bits per heavy atom. The van der Waals surface area contributed by atoms with Crippen LogP contribution in [0.25, 0.3) is 0 Å². The number of rotatable bonds is 3. The molecule has 0 bridgehead atoms. The summed E-state index contributed by atoms with van der Waals surface area (Å²) in [5, 5.41) is 12.6. The zero-order valence-electron chi connectivity index (χ0n) is 11.1. The molecule has 5 heteroatoms. The van der Waals surface area contributed by atoms with Crippen LogP contribution in [0.1, 0.15) is 31.7 Å². The minimum absolute atomic E-state index is 0.108. The number of hydrogen-bond acceptors (Lipinski definition) is 3.